The molecule has 0 heterocycles. The van der Waals surface area contributed by atoms with E-state index in [4.69, 9.17) is 5.73 Å². The van der Waals surface area contributed by atoms with Crippen LogP contribution in [0.25, 0.3) is 0 Å². The quantitative estimate of drug-likeness (QED) is 0.475. The van der Waals surface area contributed by atoms with Crippen LogP contribution >= 0.6 is 0 Å². The molecule has 1 radical (unpaired) electrons. The van der Waals surface area contributed by atoms with E-state index in [1.807, 2.05) is 0 Å². The normalized spacial score (nSPS) is 10.8. The van der Waals surface area contributed by atoms with Crippen LogP contribution in [0.4, 0.5) is 0 Å². The van der Waals surface area contributed by atoms with E-state index >= 15 is 0 Å². The number of hydrogen-bond donors (Lipinski definition) is 1. The van der Waals surface area contributed by atoms with Gasteiger partial charge in [0.2, 0.25) is 0 Å². The lowest BCUT2D eigenvalue weighted by atomic mass is 10.1. The number of nitrogens with two attached hydrogens (primary N) is 1. The molecule has 0 saturated heterocycles. The van der Waals surface area contributed by atoms with Crippen LogP contribution in [0.15, 0.2) is 0 Å². The minimum absolute atomic E-state index is 0.852. The molecule has 1 nitrogen and oxygen atoms in total. The van der Waals surface area contributed by atoms with E-state index in [-0.39, 0.29) is 0 Å². The molecule has 15 heavy (non-hydrogen) atoms. The molecule has 0 aliphatic rings. The summed E-state index contributed by atoms with van der Waals surface area (Å²) in [6.45, 7) is 3.13. The topological polar surface area (TPSA) is 26.0 Å². The number of unbranched alkanes of at least 4 members (excludes halogenated alkanes) is 11. The first kappa shape index (κ1) is 15.0. The van der Waals surface area contributed by atoms with Crippen molar-refractivity contribution in [2.75, 3.05) is 6.54 Å². The van der Waals surface area contributed by atoms with Gasteiger partial charge in [0.25, 0.3) is 0 Å². The molecule has 0 aromatic heterocycles. The zero-order chi connectivity index (χ0) is 11.2. The van der Waals surface area contributed by atoms with Gasteiger partial charge in [-0.3, -0.25) is 0 Å². The highest BCUT2D eigenvalue weighted by atomic mass is 14.5. The molecule has 0 atom stereocenters. The number of hydrogen-bond acceptors (Lipinski definition) is 1. The third-order valence-electron chi connectivity index (χ3n) is 2.87. The van der Waals surface area contributed by atoms with E-state index in [1.54, 1.807) is 0 Å². The molecule has 0 amide bonds. The van der Waals surface area contributed by atoms with Crippen molar-refractivity contribution < 1.29 is 0 Å². The third-order valence-corrected chi connectivity index (χ3v) is 2.87. The monoisotopic (exact) mass is 212 g/mol. The number of rotatable bonds is 12. The molecule has 0 spiro atoms. The standard InChI is InChI=1S/C14H30N/c1-2-3-4-5-6-7-8-9-10-11-12-13-14-15/h10H,2-9,11-15H2,1H3. The van der Waals surface area contributed by atoms with Gasteiger partial charge in [0.05, 0.1) is 0 Å². The summed E-state index contributed by atoms with van der Waals surface area (Å²) in [7, 11) is 0. The van der Waals surface area contributed by atoms with Gasteiger partial charge in [-0.2, -0.15) is 0 Å². The molecular formula is C14H30N. The van der Waals surface area contributed by atoms with E-state index in [1.165, 1.54) is 70.6 Å². The molecular weight excluding hydrogens is 182 g/mol. The summed E-state index contributed by atoms with van der Waals surface area (Å²) in [6, 6.07) is 0. The second kappa shape index (κ2) is 14.0. The van der Waals surface area contributed by atoms with Crippen LogP contribution in [0.1, 0.15) is 77.6 Å². The SMILES string of the molecule is CCCCCCCCC[CH]CCCCN. The maximum atomic E-state index is 5.43. The highest BCUT2D eigenvalue weighted by molar-refractivity contribution is 4.64. The van der Waals surface area contributed by atoms with E-state index < -0.39 is 0 Å². The predicted octanol–water partition coefficient (Wildman–Crippen LogP) is 4.46. The Hall–Kier alpha value is -0.0400. The van der Waals surface area contributed by atoms with Crippen LogP contribution in [0.5, 0.6) is 0 Å². The summed E-state index contributed by atoms with van der Waals surface area (Å²) in [6.07, 6.45) is 17.4. The van der Waals surface area contributed by atoms with Crippen molar-refractivity contribution in [2.24, 2.45) is 5.73 Å². The summed E-state index contributed by atoms with van der Waals surface area (Å²) in [5, 5.41) is 0. The van der Waals surface area contributed by atoms with Gasteiger partial charge in [-0.15, -0.1) is 0 Å². The molecule has 1 heteroatoms. The van der Waals surface area contributed by atoms with E-state index in [0.29, 0.717) is 0 Å². The zero-order valence-corrected chi connectivity index (χ0v) is 10.6. The van der Waals surface area contributed by atoms with E-state index in [2.05, 4.69) is 13.3 Å². The summed E-state index contributed by atoms with van der Waals surface area (Å²) >= 11 is 0. The average molecular weight is 212 g/mol. The van der Waals surface area contributed by atoms with Gasteiger partial charge in [0.1, 0.15) is 0 Å². The molecule has 2 N–H and O–H groups in total. The van der Waals surface area contributed by atoms with Crippen molar-refractivity contribution in [2.45, 2.75) is 77.6 Å². The van der Waals surface area contributed by atoms with Crippen molar-refractivity contribution in [3.63, 3.8) is 0 Å². The van der Waals surface area contributed by atoms with Crippen LogP contribution in [-0.2, 0) is 0 Å². The lowest BCUT2D eigenvalue weighted by molar-refractivity contribution is 0.581. The molecule has 0 fully saturated rings. The summed E-state index contributed by atoms with van der Waals surface area (Å²) in [5.41, 5.74) is 5.43. The highest BCUT2D eigenvalue weighted by Gasteiger charge is 1.92. The van der Waals surface area contributed by atoms with Gasteiger partial charge < -0.3 is 5.73 Å². The Labute approximate surface area is 96.8 Å². The predicted molar refractivity (Wildman–Crippen MR) is 69.8 cm³/mol. The fourth-order valence-electron chi connectivity index (χ4n) is 1.82. The summed E-state index contributed by atoms with van der Waals surface area (Å²) in [4.78, 5) is 0. The Balaban J connectivity index is 2.81. The Morgan fingerprint density at radius 1 is 0.733 bits per heavy atom. The van der Waals surface area contributed by atoms with E-state index in [0.717, 1.165) is 6.54 Å². The average Bonchev–Trinajstić information content (AvgIpc) is 2.26. The van der Waals surface area contributed by atoms with Crippen LogP contribution < -0.4 is 5.73 Å². The Kier molecular flexibility index (Phi) is 13.9. The molecule has 0 aromatic rings. The van der Waals surface area contributed by atoms with Crippen LogP contribution in [0.3, 0.4) is 0 Å². The molecule has 91 valence electrons. The molecule has 0 rings (SSSR count). The third kappa shape index (κ3) is 14.0. The van der Waals surface area contributed by atoms with Gasteiger partial charge in [-0.25, -0.2) is 0 Å². The minimum Gasteiger partial charge on any atom is -0.330 e. The molecule has 0 saturated carbocycles. The lowest BCUT2D eigenvalue weighted by Crippen LogP contribution is -1.97. The smallest absolute Gasteiger partial charge is 0.00773 e. The van der Waals surface area contributed by atoms with E-state index in [9.17, 15) is 0 Å². The highest BCUT2D eigenvalue weighted by Crippen LogP contribution is 2.10. The van der Waals surface area contributed by atoms with Gasteiger partial charge in [-0.1, -0.05) is 71.1 Å². The maximum Gasteiger partial charge on any atom is -0.00773 e. The Bertz CT molecular complexity index is 89.5. The molecule has 0 aliphatic heterocycles. The summed E-state index contributed by atoms with van der Waals surface area (Å²) in [5.74, 6) is 0. The minimum atomic E-state index is 0.852. The van der Waals surface area contributed by atoms with Crippen LogP contribution in [0.2, 0.25) is 0 Å². The maximum absolute atomic E-state index is 5.43. The fourth-order valence-corrected chi connectivity index (χ4v) is 1.82. The van der Waals surface area contributed by atoms with Crippen molar-refractivity contribution in [3.8, 4) is 0 Å². The van der Waals surface area contributed by atoms with Gasteiger partial charge >= 0.3 is 0 Å². The van der Waals surface area contributed by atoms with Crippen LogP contribution in [0, 0.1) is 6.42 Å². The lowest BCUT2D eigenvalue weighted by Gasteiger charge is -2.01. The van der Waals surface area contributed by atoms with Gasteiger partial charge in [-0.05, 0) is 19.4 Å². The Morgan fingerprint density at radius 3 is 1.87 bits per heavy atom. The summed E-state index contributed by atoms with van der Waals surface area (Å²) < 4.78 is 0. The first-order valence-electron chi connectivity index (χ1n) is 6.93. The van der Waals surface area contributed by atoms with Crippen molar-refractivity contribution in [3.05, 3.63) is 6.42 Å². The second-order valence-electron chi connectivity index (χ2n) is 4.48. The second-order valence-corrected chi connectivity index (χ2v) is 4.48. The molecule has 0 aromatic carbocycles. The van der Waals surface area contributed by atoms with Crippen LogP contribution in [-0.4, -0.2) is 6.54 Å². The van der Waals surface area contributed by atoms with Gasteiger partial charge in [0, 0.05) is 0 Å². The van der Waals surface area contributed by atoms with Crippen molar-refractivity contribution in [1.29, 1.82) is 0 Å². The largest absolute Gasteiger partial charge is 0.330 e. The Morgan fingerprint density at radius 2 is 1.27 bits per heavy atom. The zero-order valence-electron chi connectivity index (χ0n) is 10.6. The first-order chi connectivity index (χ1) is 7.41. The van der Waals surface area contributed by atoms with Crippen molar-refractivity contribution >= 4 is 0 Å². The fraction of sp³-hybridized carbons (Fsp3) is 0.929. The first-order valence-corrected chi connectivity index (χ1v) is 6.93. The molecule has 0 bridgehead atoms. The molecule has 0 unspecified atom stereocenters. The molecule has 0 aliphatic carbocycles. The van der Waals surface area contributed by atoms with Gasteiger partial charge in [0.15, 0.2) is 0 Å². The van der Waals surface area contributed by atoms with Crippen molar-refractivity contribution in [1.82, 2.24) is 0 Å².